The molecule has 2 aromatic heterocycles. The monoisotopic (exact) mass is 535 g/mol. The Bertz CT molecular complexity index is 1550. The van der Waals surface area contributed by atoms with Crippen molar-refractivity contribution in [1.82, 2.24) is 30.0 Å². The van der Waals surface area contributed by atoms with E-state index in [2.05, 4.69) is 53.5 Å². The molecule has 40 heavy (non-hydrogen) atoms. The number of hydrogen-bond acceptors (Lipinski definition) is 8. The van der Waals surface area contributed by atoms with Crippen LogP contribution in [0.4, 0.5) is 11.4 Å². The molecule has 0 aliphatic carbocycles. The van der Waals surface area contributed by atoms with Crippen molar-refractivity contribution in [1.29, 1.82) is 5.26 Å². The smallest absolute Gasteiger partial charge is 0.236 e. The highest BCUT2D eigenvalue weighted by Gasteiger charge is 2.31. The number of carbonyl (C=O) groups excluding carboxylic acids is 2. The number of hydrogen-bond donors (Lipinski definition) is 2. The highest BCUT2D eigenvalue weighted by atomic mass is 16.2. The first-order valence-corrected chi connectivity index (χ1v) is 13.4. The fraction of sp³-hybridized carbons (Fsp3) is 0.310. The van der Waals surface area contributed by atoms with Crippen LogP contribution in [-0.2, 0) is 9.59 Å². The standard InChI is InChI=1S/C29H29N9O2/c30-17-26-24-16-22(4-7-25(24)34-35-26)33-29(40)21-8-11-36(18-21)19-27(39)38-14-12-37(13-15-38)23-5-2-20(3-6-23)28-31-9-1-10-32-28/h1-7,9-10,16,21H,8,11-15,18-19H2,(H,33,40)(H,34,35). The lowest BCUT2D eigenvalue weighted by molar-refractivity contribution is -0.132. The number of nitriles is 1. The first-order valence-electron chi connectivity index (χ1n) is 13.4. The number of likely N-dealkylation sites (tertiary alicyclic amines) is 1. The molecule has 0 saturated carbocycles. The van der Waals surface area contributed by atoms with Gasteiger partial charge in [0.2, 0.25) is 11.8 Å². The van der Waals surface area contributed by atoms with Crippen LogP contribution in [0.1, 0.15) is 12.1 Å². The van der Waals surface area contributed by atoms with Gasteiger partial charge in [-0.15, -0.1) is 0 Å². The summed E-state index contributed by atoms with van der Waals surface area (Å²) in [5.74, 6) is 0.543. The second-order valence-electron chi connectivity index (χ2n) is 10.1. The third-order valence-corrected chi connectivity index (χ3v) is 7.63. The number of piperazine rings is 1. The second kappa shape index (κ2) is 11.1. The quantitative estimate of drug-likeness (QED) is 0.385. The van der Waals surface area contributed by atoms with Crippen molar-refractivity contribution in [2.24, 2.45) is 5.92 Å². The maximum atomic E-state index is 13.0. The fourth-order valence-corrected chi connectivity index (χ4v) is 5.39. The highest BCUT2D eigenvalue weighted by Crippen LogP contribution is 2.24. The number of aromatic amines is 1. The van der Waals surface area contributed by atoms with Crippen LogP contribution in [0.3, 0.4) is 0 Å². The van der Waals surface area contributed by atoms with Crippen molar-refractivity contribution in [2.75, 3.05) is 56.0 Å². The molecule has 2 aromatic carbocycles. The fourth-order valence-electron chi connectivity index (χ4n) is 5.39. The first kappa shape index (κ1) is 25.5. The number of benzene rings is 2. The van der Waals surface area contributed by atoms with Crippen LogP contribution in [0.25, 0.3) is 22.3 Å². The summed E-state index contributed by atoms with van der Waals surface area (Å²) in [5.41, 5.74) is 3.77. The molecule has 0 spiro atoms. The topological polar surface area (TPSA) is 134 Å². The van der Waals surface area contributed by atoms with Crippen molar-refractivity contribution in [3.63, 3.8) is 0 Å². The van der Waals surface area contributed by atoms with E-state index in [1.54, 1.807) is 36.7 Å². The summed E-state index contributed by atoms with van der Waals surface area (Å²) >= 11 is 0. The minimum atomic E-state index is -0.190. The normalized spacial score (nSPS) is 17.6. The average Bonchev–Trinajstić information content (AvgIpc) is 3.64. The number of H-pyrrole nitrogens is 1. The van der Waals surface area contributed by atoms with Crippen LogP contribution < -0.4 is 10.2 Å². The molecule has 11 heteroatoms. The van der Waals surface area contributed by atoms with Crippen LogP contribution in [0.2, 0.25) is 0 Å². The summed E-state index contributed by atoms with van der Waals surface area (Å²) in [7, 11) is 0. The van der Waals surface area contributed by atoms with E-state index < -0.39 is 0 Å². The van der Waals surface area contributed by atoms with E-state index in [1.807, 2.05) is 17.0 Å². The molecule has 0 bridgehead atoms. The number of rotatable bonds is 6. The molecule has 2 aliphatic heterocycles. The Morgan fingerprint density at radius 1 is 1.02 bits per heavy atom. The predicted molar refractivity (Wildman–Crippen MR) is 150 cm³/mol. The van der Waals surface area contributed by atoms with Crippen molar-refractivity contribution < 1.29 is 9.59 Å². The minimum Gasteiger partial charge on any atom is -0.368 e. The molecule has 11 nitrogen and oxygen atoms in total. The molecule has 4 heterocycles. The van der Waals surface area contributed by atoms with E-state index in [4.69, 9.17) is 0 Å². The summed E-state index contributed by atoms with van der Waals surface area (Å²) in [5, 5.41) is 19.6. The largest absolute Gasteiger partial charge is 0.368 e. The van der Waals surface area contributed by atoms with Crippen LogP contribution in [-0.4, -0.2) is 87.6 Å². The Labute approximate surface area is 231 Å². The Kier molecular flexibility index (Phi) is 7.08. The summed E-state index contributed by atoms with van der Waals surface area (Å²) in [4.78, 5) is 40.8. The maximum absolute atomic E-state index is 13.0. The zero-order valence-electron chi connectivity index (χ0n) is 22.0. The van der Waals surface area contributed by atoms with Crippen LogP contribution in [0, 0.1) is 17.2 Å². The van der Waals surface area contributed by atoms with Gasteiger partial charge in [-0.3, -0.25) is 19.6 Å². The second-order valence-corrected chi connectivity index (χ2v) is 10.1. The van der Waals surface area contributed by atoms with Crippen LogP contribution >= 0.6 is 0 Å². The minimum absolute atomic E-state index is 0.0743. The van der Waals surface area contributed by atoms with Gasteiger partial charge in [0.1, 0.15) is 6.07 Å². The van der Waals surface area contributed by atoms with Gasteiger partial charge in [0.15, 0.2) is 11.5 Å². The third kappa shape index (κ3) is 5.34. The van der Waals surface area contributed by atoms with Gasteiger partial charge in [0.05, 0.1) is 18.0 Å². The molecule has 2 fully saturated rings. The molecule has 2 N–H and O–H groups in total. The van der Waals surface area contributed by atoms with E-state index in [9.17, 15) is 14.9 Å². The number of anilines is 2. The SMILES string of the molecule is N#Cc1n[nH]c2ccc(NC(=O)C3CCN(CC(=O)N4CCN(c5ccc(-c6ncccn6)cc5)CC4)C3)cc12. The van der Waals surface area contributed by atoms with E-state index in [0.717, 1.165) is 29.9 Å². The van der Waals surface area contributed by atoms with E-state index >= 15 is 0 Å². The van der Waals surface area contributed by atoms with Crippen molar-refractivity contribution in [3.05, 3.63) is 66.6 Å². The van der Waals surface area contributed by atoms with Gasteiger partial charge < -0.3 is 15.1 Å². The molecule has 6 rings (SSSR count). The van der Waals surface area contributed by atoms with E-state index in [1.165, 1.54) is 0 Å². The molecule has 2 aliphatic rings. The Hall–Kier alpha value is -4.82. The third-order valence-electron chi connectivity index (χ3n) is 7.63. The predicted octanol–water partition coefficient (Wildman–Crippen LogP) is 2.50. The lowest BCUT2D eigenvalue weighted by Gasteiger charge is -2.36. The molecule has 2 saturated heterocycles. The molecule has 1 unspecified atom stereocenters. The lowest BCUT2D eigenvalue weighted by Crippen LogP contribution is -2.51. The molecule has 1 atom stereocenters. The number of amides is 2. The Morgan fingerprint density at radius 2 is 1.80 bits per heavy atom. The molecule has 2 amide bonds. The van der Waals surface area contributed by atoms with Gasteiger partial charge in [0.25, 0.3) is 0 Å². The number of fused-ring (bicyclic) bond motifs is 1. The Morgan fingerprint density at radius 3 is 2.55 bits per heavy atom. The highest BCUT2D eigenvalue weighted by molar-refractivity contribution is 5.96. The molecular weight excluding hydrogens is 506 g/mol. The van der Waals surface area contributed by atoms with Gasteiger partial charge in [-0.25, -0.2) is 9.97 Å². The van der Waals surface area contributed by atoms with E-state index in [0.29, 0.717) is 61.7 Å². The maximum Gasteiger partial charge on any atom is 0.236 e. The van der Waals surface area contributed by atoms with Gasteiger partial charge >= 0.3 is 0 Å². The zero-order valence-corrected chi connectivity index (χ0v) is 22.0. The van der Waals surface area contributed by atoms with Crippen molar-refractivity contribution in [2.45, 2.75) is 6.42 Å². The number of carbonyl (C=O) groups is 2. The number of nitrogens with one attached hydrogen (secondary N) is 2. The first-order chi connectivity index (χ1) is 19.6. The molecule has 0 radical (unpaired) electrons. The summed E-state index contributed by atoms with van der Waals surface area (Å²) in [6.45, 7) is 4.46. The molecule has 202 valence electrons. The summed E-state index contributed by atoms with van der Waals surface area (Å²) in [6, 6.07) is 17.4. The van der Waals surface area contributed by atoms with Crippen molar-refractivity contribution in [3.8, 4) is 17.5 Å². The van der Waals surface area contributed by atoms with Gasteiger partial charge in [-0.2, -0.15) is 10.4 Å². The molecule has 4 aromatic rings. The summed E-state index contributed by atoms with van der Waals surface area (Å²) < 4.78 is 0. The average molecular weight is 536 g/mol. The number of nitrogens with zero attached hydrogens (tertiary/aromatic N) is 7. The number of aromatic nitrogens is 4. The van der Waals surface area contributed by atoms with Crippen LogP contribution in [0.5, 0.6) is 0 Å². The summed E-state index contributed by atoms with van der Waals surface area (Å²) in [6.07, 6.45) is 4.17. The lowest BCUT2D eigenvalue weighted by atomic mass is 10.1. The zero-order chi connectivity index (χ0) is 27.5. The van der Waals surface area contributed by atoms with E-state index in [-0.39, 0.29) is 17.7 Å². The Balaban J connectivity index is 0.973. The van der Waals surface area contributed by atoms with Crippen molar-refractivity contribution >= 4 is 34.1 Å². The van der Waals surface area contributed by atoms with Gasteiger partial charge in [0, 0.05) is 67.4 Å². The van der Waals surface area contributed by atoms with Crippen LogP contribution in [0.15, 0.2) is 60.9 Å². The van der Waals surface area contributed by atoms with Gasteiger partial charge in [-0.05, 0) is 61.5 Å². The molecular formula is C29H29N9O2. The van der Waals surface area contributed by atoms with Gasteiger partial charge in [-0.1, -0.05) is 0 Å².